The average molecular weight is 231 g/mol. The van der Waals surface area contributed by atoms with Crippen LogP contribution in [0.4, 0.5) is 0 Å². The Kier molecular flexibility index (Phi) is 2.29. The van der Waals surface area contributed by atoms with Crippen LogP contribution in [0.3, 0.4) is 0 Å². The molecule has 0 spiro atoms. The van der Waals surface area contributed by atoms with Crippen LogP contribution in [0.15, 0.2) is 23.3 Å². The Morgan fingerprint density at radius 2 is 2.35 bits per heavy atom. The molecule has 0 radical (unpaired) electrons. The predicted molar refractivity (Wildman–Crippen MR) is 62.4 cm³/mol. The maximum absolute atomic E-state index is 11.8. The van der Waals surface area contributed by atoms with Gasteiger partial charge in [0.1, 0.15) is 5.82 Å². The zero-order valence-corrected chi connectivity index (χ0v) is 9.26. The molecular weight excluding hydrogens is 218 g/mol. The van der Waals surface area contributed by atoms with E-state index in [9.17, 15) is 4.79 Å². The Morgan fingerprint density at radius 3 is 3.18 bits per heavy atom. The predicted octanol–water partition coefficient (Wildman–Crippen LogP) is -0.0931. The third kappa shape index (κ3) is 1.66. The number of nitrogens with one attached hydrogen (secondary N) is 1. The Balaban J connectivity index is 2.14. The first-order valence-electron chi connectivity index (χ1n) is 5.61. The normalized spacial score (nSPS) is 19.0. The first kappa shape index (κ1) is 10.2. The molecule has 0 aromatic carbocycles. The minimum Gasteiger partial charge on any atom is -0.367 e. The zero-order valence-electron chi connectivity index (χ0n) is 9.26. The van der Waals surface area contributed by atoms with E-state index in [-0.39, 0.29) is 11.5 Å². The van der Waals surface area contributed by atoms with Gasteiger partial charge in [0.15, 0.2) is 11.3 Å². The molecule has 3 heterocycles. The SMILES string of the molecule is NC1CCc2nnc(-c3c[nH]ccc3=O)n2C1. The van der Waals surface area contributed by atoms with E-state index in [1.807, 2.05) is 4.57 Å². The molecular formula is C11H13N5O. The molecule has 1 aliphatic rings. The number of fused-ring (bicyclic) bond motifs is 1. The summed E-state index contributed by atoms with van der Waals surface area (Å²) in [6.07, 6.45) is 4.99. The van der Waals surface area contributed by atoms with Gasteiger partial charge in [-0.25, -0.2) is 0 Å². The van der Waals surface area contributed by atoms with E-state index in [0.717, 1.165) is 18.7 Å². The lowest BCUT2D eigenvalue weighted by Gasteiger charge is -2.20. The summed E-state index contributed by atoms with van der Waals surface area (Å²) in [7, 11) is 0. The Morgan fingerprint density at radius 1 is 1.47 bits per heavy atom. The molecule has 1 atom stereocenters. The van der Waals surface area contributed by atoms with Crippen molar-refractivity contribution >= 4 is 0 Å². The number of nitrogens with zero attached hydrogens (tertiary/aromatic N) is 3. The van der Waals surface area contributed by atoms with Crippen molar-refractivity contribution in [1.82, 2.24) is 19.7 Å². The summed E-state index contributed by atoms with van der Waals surface area (Å²) in [4.78, 5) is 14.6. The molecule has 2 aromatic heterocycles. The van der Waals surface area contributed by atoms with E-state index in [1.54, 1.807) is 12.4 Å². The van der Waals surface area contributed by atoms with Crippen LogP contribution in [-0.4, -0.2) is 25.8 Å². The number of H-pyrrole nitrogens is 1. The molecule has 17 heavy (non-hydrogen) atoms. The lowest BCUT2D eigenvalue weighted by Crippen LogP contribution is -2.32. The molecule has 0 fully saturated rings. The van der Waals surface area contributed by atoms with Crippen molar-refractivity contribution in [3.8, 4) is 11.4 Å². The fraction of sp³-hybridized carbons (Fsp3) is 0.364. The summed E-state index contributed by atoms with van der Waals surface area (Å²) < 4.78 is 1.94. The molecule has 6 heteroatoms. The van der Waals surface area contributed by atoms with Crippen molar-refractivity contribution < 1.29 is 0 Å². The number of aromatic nitrogens is 4. The number of pyridine rings is 1. The van der Waals surface area contributed by atoms with Gasteiger partial charge in [-0.3, -0.25) is 4.79 Å². The molecule has 0 aliphatic carbocycles. The van der Waals surface area contributed by atoms with E-state index < -0.39 is 0 Å². The van der Waals surface area contributed by atoms with E-state index in [0.29, 0.717) is 17.9 Å². The van der Waals surface area contributed by atoms with Crippen molar-refractivity contribution in [3.05, 3.63) is 34.5 Å². The second-order valence-electron chi connectivity index (χ2n) is 4.27. The van der Waals surface area contributed by atoms with Crippen LogP contribution in [0.2, 0.25) is 0 Å². The maximum Gasteiger partial charge on any atom is 0.192 e. The topological polar surface area (TPSA) is 89.6 Å². The Hall–Kier alpha value is -1.95. The smallest absolute Gasteiger partial charge is 0.192 e. The summed E-state index contributed by atoms with van der Waals surface area (Å²) in [6, 6.07) is 1.60. The monoisotopic (exact) mass is 231 g/mol. The standard InChI is InChI=1S/C11H13N5O/c12-7-1-2-10-14-15-11(16(10)6-7)8-5-13-4-3-9(8)17/h3-5,7H,1-2,6,12H2,(H,13,17). The highest BCUT2D eigenvalue weighted by atomic mass is 16.1. The van der Waals surface area contributed by atoms with Crippen molar-refractivity contribution in [1.29, 1.82) is 0 Å². The van der Waals surface area contributed by atoms with Gasteiger partial charge in [-0.2, -0.15) is 0 Å². The van der Waals surface area contributed by atoms with Crippen molar-refractivity contribution in [2.45, 2.75) is 25.4 Å². The molecule has 2 aromatic rings. The quantitative estimate of drug-likeness (QED) is 0.717. The molecule has 0 saturated heterocycles. The molecule has 3 N–H and O–H groups in total. The minimum absolute atomic E-state index is 0.0573. The number of hydrogen-bond acceptors (Lipinski definition) is 4. The van der Waals surface area contributed by atoms with Gasteiger partial charge in [0.05, 0.1) is 5.56 Å². The lowest BCUT2D eigenvalue weighted by atomic mass is 10.1. The van der Waals surface area contributed by atoms with Gasteiger partial charge in [-0.15, -0.1) is 10.2 Å². The summed E-state index contributed by atoms with van der Waals surface area (Å²) in [6.45, 7) is 0.673. The highest BCUT2D eigenvalue weighted by Crippen LogP contribution is 2.19. The summed E-state index contributed by atoms with van der Waals surface area (Å²) in [5, 5.41) is 8.21. The Bertz CT molecular complexity index is 600. The van der Waals surface area contributed by atoms with Crippen LogP contribution in [0.5, 0.6) is 0 Å². The molecule has 3 rings (SSSR count). The molecule has 6 nitrogen and oxygen atoms in total. The van der Waals surface area contributed by atoms with Gasteiger partial charge in [0.25, 0.3) is 0 Å². The molecule has 0 amide bonds. The minimum atomic E-state index is -0.0573. The number of aromatic amines is 1. The van der Waals surface area contributed by atoms with Gasteiger partial charge < -0.3 is 15.3 Å². The zero-order chi connectivity index (χ0) is 11.8. The second kappa shape index (κ2) is 3.81. The Labute approximate surface area is 97.5 Å². The fourth-order valence-electron chi connectivity index (χ4n) is 2.14. The van der Waals surface area contributed by atoms with Crippen LogP contribution in [0.1, 0.15) is 12.2 Å². The van der Waals surface area contributed by atoms with Crippen LogP contribution in [0.25, 0.3) is 11.4 Å². The van der Waals surface area contributed by atoms with Gasteiger partial charge >= 0.3 is 0 Å². The van der Waals surface area contributed by atoms with E-state index in [2.05, 4.69) is 15.2 Å². The average Bonchev–Trinajstić information content (AvgIpc) is 2.72. The van der Waals surface area contributed by atoms with E-state index in [1.165, 1.54) is 6.07 Å². The molecule has 0 bridgehead atoms. The van der Waals surface area contributed by atoms with E-state index in [4.69, 9.17) is 5.73 Å². The van der Waals surface area contributed by atoms with Crippen molar-refractivity contribution in [2.75, 3.05) is 0 Å². The van der Waals surface area contributed by atoms with Crippen molar-refractivity contribution in [3.63, 3.8) is 0 Å². The fourth-order valence-corrected chi connectivity index (χ4v) is 2.14. The van der Waals surface area contributed by atoms with Gasteiger partial charge in [0, 0.05) is 37.5 Å². The van der Waals surface area contributed by atoms with E-state index >= 15 is 0 Å². The number of hydrogen-bond donors (Lipinski definition) is 2. The number of aryl methyl sites for hydroxylation is 1. The highest BCUT2D eigenvalue weighted by molar-refractivity contribution is 5.53. The van der Waals surface area contributed by atoms with Gasteiger partial charge in [0.2, 0.25) is 0 Å². The van der Waals surface area contributed by atoms with Gasteiger partial charge in [-0.1, -0.05) is 0 Å². The van der Waals surface area contributed by atoms with Crippen LogP contribution in [0, 0.1) is 0 Å². The summed E-state index contributed by atoms with van der Waals surface area (Å²) >= 11 is 0. The van der Waals surface area contributed by atoms with Crippen LogP contribution >= 0.6 is 0 Å². The summed E-state index contributed by atoms with van der Waals surface area (Å²) in [5.74, 6) is 1.52. The third-order valence-corrected chi connectivity index (χ3v) is 3.05. The van der Waals surface area contributed by atoms with Crippen molar-refractivity contribution in [2.24, 2.45) is 5.73 Å². The van der Waals surface area contributed by atoms with Crippen LogP contribution < -0.4 is 11.2 Å². The first-order chi connectivity index (χ1) is 8.25. The maximum atomic E-state index is 11.8. The molecule has 1 unspecified atom stereocenters. The first-order valence-corrected chi connectivity index (χ1v) is 5.61. The second-order valence-corrected chi connectivity index (χ2v) is 4.27. The molecule has 88 valence electrons. The lowest BCUT2D eigenvalue weighted by molar-refractivity contribution is 0.456. The number of nitrogens with two attached hydrogens (primary N) is 1. The highest BCUT2D eigenvalue weighted by Gasteiger charge is 2.22. The molecule has 1 aliphatic heterocycles. The van der Waals surface area contributed by atoms with Crippen LogP contribution in [-0.2, 0) is 13.0 Å². The largest absolute Gasteiger partial charge is 0.367 e. The third-order valence-electron chi connectivity index (χ3n) is 3.05. The number of rotatable bonds is 1. The summed E-state index contributed by atoms with van der Waals surface area (Å²) in [5.41, 5.74) is 6.42. The van der Waals surface area contributed by atoms with Gasteiger partial charge in [-0.05, 0) is 6.42 Å². The molecule has 0 saturated carbocycles.